The largest absolute Gasteiger partial charge is 0.371 e. The molecule has 0 bridgehead atoms. The third-order valence-corrected chi connectivity index (χ3v) is 10.5. The van der Waals surface area contributed by atoms with E-state index >= 15 is 0 Å². The topological polar surface area (TPSA) is 115 Å². The van der Waals surface area contributed by atoms with Crippen LogP contribution in [0.2, 0.25) is 10.0 Å². The number of carbonyl (C=O) groups is 1. The number of benzene rings is 3. The van der Waals surface area contributed by atoms with Crippen molar-refractivity contribution in [2.24, 2.45) is 0 Å². The summed E-state index contributed by atoms with van der Waals surface area (Å²) in [5.74, 6) is -0.435. The van der Waals surface area contributed by atoms with Crippen LogP contribution in [0.1, 0.15) is 81.8 Å². The molecule has 10 nitrogen and oxygen atoms in total. The third-order valence-electron chi connectivity index (χ3n) is 10.00. The molecule has 0 saturated carbocycles. The van der Waals surface area contributed by atoms with Crippen LogP contribution in [-0.2, 0) is 4.79 Å². The molecule has 268 valence electrons. The Morgan fingerprint density at radius 3 is 2.58 bits per heavy atom. The van der Waals surface area contributed by atoms with Gasteiger partial charge in [0, 0.05) is 59.6 Å². The molecule has 13 heteroatoms. The molecule has 4 heterocycles. The molecule has 2 aromatic heterocycles. The van der Waals surface area contributed by atoms with Crippen LogP contribution in [0.15, 0.2) is 67.0 Å². The number of nitrogens with zero attached hydrogens (tertiary/aromatic N) is 7. The van der Waals surface area contributed by atoms with Crippen molar-refractivity contribution < 1.29 is 9.18 Å². The van der Waals surface area contributed by atoms with Gasteiger partial charge in [-0.25, -0.2) is 9.07 Å². The fourth-order valence-electron chi connectivity index (χ4n) is 7.15. The summed E-state index contributed by atoms with van der Waals surface area (Å²) in [6.07, 6.45) is 7.79. The molecule has 0 unspecified atom stereocenters. The van der Waals surface area contributed by atoms with Crippen molar-refractivity contribution >= 4 is 62.8 Å². The van der Waals surface area contributed by atoms with E-state index in [1.807, 2.05) is 40.0 Å². The number of amides is 1. The van der Waals surface area contributed by atoms with Crippen LogP contribution in [-0.4, -0.2) is 56.0 Å². The van der Waals surface area contributed by atoms with Crippen LogP contribution < -0.4 is 15.5 Å². The molecule has 2 aliphatic heterocycles. The molecule has 1 atom stereocenters. The normalized spacial score (nSPS) is 16.6. The van der Waals surface area contributed by atoms with Gasteiger partial charge in [-0.05, 0) is 94.5 Å². The number of rotatable bonds is 8. The molecule has 0 radical (unpaired) electrons. The fourth-order valence-corrected chi connectivity index (χ4v) is 7.55. The number of nitrogens with one attached hydrogen (secondary N) is 2. The second kappa shape index (κ2) is 14.7. The lowest BCUT2D eigenvalue weighted by molar-refractivity contribution is -0.119. The molecule has 0 aliphatic carbocycles. The summed E-state index contributed by atoms with van der Waals surface area (Å²) in [6, 6.07) is 17.7. The Kier molecular flexibility index (Phi) is 10.1. The molecular weight excluding hydrogens is 700 g/mol. The number of hydrogen-bond acceptors (Lipinski definition) is 8. The van der Waals surface area contributed by atoms with Crippen molar-refractivity contribution in [3.63, 3.8) is 0 Å². The summed E-state index contributed by atoms with van der Waals surface area (Å²) in [4.78, 5) is 22.0. The lowest BCUT2D eigenvalue weighted by Gasteiger charge is -2.40. The number of fused-ring (bicyclic) bond motifs is 1. The van der Waals surface area contributed by atoms with Gasteiger partial charge in [-0.3, -0.25) is 14.7 Å². The van der Waals surface area contributed by atoms with E-state index in [2.05, 4.69) is 47.6 Å². The molecule has 3 aromatic carbocycles. The number of hydrogen-bond donors (Lipinski definition) is 2. The van der Waals surface area contributed by atoms with Gasteiger partial charge in [0.1, 0.15) is 17.6 Å². The molecule has 52 heavy (non-hydrogen) atoms. The smallest absolute Gasteiger partial charge is 0.226 e. The standard InChI is InChI=1S/C39H40Cl2FN9O/c1-39(2,3)49-15-12-28(13-16-49)51-23-34(47-48-51)37(24-7-6-8-29(17-24)50-14-5-4-9-35(50)52)46-33-19-26(40)18-30-36(25(21-43)22-44-38(30)33)45-27-10-11-32(42)31(41)20-27/h6-8,10-11,17-20,22-23,28,37,46H,4-5,9,12-16H2,1-3H3,(H,44,45)/t37-/m0/s1. The molecule has 7 rings (SSSR count). The number of pyridine rings is 1. The van der Waals surface area contributed by atoms with Crippen molar-refractivity contribution in [2.75, 3.05) is 35.2 Å². The predicted octanol–water partition coefficient (Wildman–Crippen LogP) is 9.04. The highest BCUT2D eigenvalue weighted by molar-refractivity contribution is 6.32. The summed E-state index contributed by atoms with van der Waals surface area (Å²) < 4.78 is 16.0. The number of halogens is 3. The highest BCUT2D eigenvalue weighted by atomic mass is 35.5. The first-order valence-corrected chi connectivity index (χ1v) is 18.3. The number of aromatic nitrogens is 4. The summed E-state index contributed by atoms with van der Waals surface area (Å²) in [5, 5.41) is 27.2. The quantitative estimate of drug-likeness (QED) is 0.162. The molecule has 2 fully saturated rings. The zero-order valence-electron chi connectivity index (χ0n) is 29.3. The number of likely N-dealkylation sites (tertiary alicyclic amines) is 1. The van der Waals surface area contributed by atoms with Crippen molar-refractivity contribution in [1.82, 2.24) is 24.9 Å². The number of anilines is 4. The Morgan fingerprint density at radius 1 is 1.04 bits per heavy atom. The highest BCUT2D eigenvalue weighted by Gasteiger charge is 2.30. The van der Waals surface area contributed by atoms with Crippen LogP contribution in [0.4, 0.5) is 27.1 Å². The summed E-state index contributed by atoms with van der Waals surface area (Å²) >= 11 is 12.9. The summed E-state index contributed by atoms with van der Waals surface area (Å²) in [7, 11) is 0. The zero-order chi connectivity index (χ0) is 36.6. The first-order chi connectivity index (χ1) is 25.0. The predicted molar refractivity (Wildman–Crippen MR) is 204 cm³/mol. The maximum atomic E-state index is 14.0. The molecule has 2 N–H and O–H groups in total. The molecule has 2 aliphatic rings. The Morgan fingerprint density at radius 2 is 1.85 bits per heavy atom. The van der Waals surface area contributed by atoms with E-state index in [1.165, 1.54) is 18.3 Å². The molecule has 2 saturated heterocycles. The molecule has 1 amide bonds. The average Bonchev–Trinajstić information content (AvgIpc) is 3.62. The Bertz CT molecular complexity index is 2170. The van der Waals surface area contributed by atoms with Crippen molar-refractivity contribution in [3.05, 3.63) is 99.7 Å². The van der Waals surface area contributed by atoms with Gasteiger partial charge in [0.15, 0.2) is 0 Å². The van der Waals surface area contributed by atoms with Crippen LogP contribution in [0.5, 0.6) is 0 Å². The van der Waals surface area contributed by atoms with Gasteiger partial charge in [0.2, 0.25) is 5.91 Å². The van der Waals surface area contributed by atoms with E-state index < -0.39 is 11.9 Å². The second-order valence-electron chi connectivity index (χ2n) is 14.4. The Hall–Kier alpha value is -4.76. The van der Waals surface area contributed by atoms with Gasteiger partial charge in [0.05, 0.1) is 45.8 Å². The highest BCUT2D eigenvalue weighted by Crippen LogP contribution is 2.39. The number of carbonyl (C=O) groups excluding carboxylic acids is 1. The van der Waals surface area contributed by atoms with Crippen LogP contribution >= 0.6 is 23.2 Å². The minimum atomic E-state index is -0.547. The van der Waals surface area contributed by atoms with E-state index in [1.54, 1.807) is 18.2 Å². The second-order valence-corrected chi connectivity index (χ2v) is 15.3. The lowest BCUT2D eigenvalue weighted by Crippen LogP contribution is -2.46. The van der Waals surface area contributed by atoms with Crippen LogP contribution in [0.3, 0.4) is 0 Å². The number of nitriles is 1. The van der Waals surface area contributed by atoms with Gasteiger partial charge in [0.25, 0.3) is 0 Å². The Labute approximate surface area is 312 Å². The van der Waals surface area contributed by atoms with E-state index in [9.17, 15) is 14.4 Å². The molecule has 0 spiro atoms. The van der Waals surface area contributed by atoms with Crippen LogP contribution in [0.25, 0.3) is 10.9 Å². The summed E-state index contributed by atoms with van der Waals surface area (Å²) in [5.41, 5.74) is 4.89. The number of piperidine rings is 2. The molecule has 5 aromatic rings. The van der Waals surface area contributed by atoms with E-state index in [4.69, 9.17) is 33.3 Å². The monoisotopic (exact) mass is 739 g/mol. The molecular formula is C39H40Cl2FN9O. The third kappa shape index (κ3) is 7.42. The van der Waals surface area contributed by atoms with Gasteiger partial charge in [-0.2, -0.15) is 5.26 Å². The average molecular weight is 741 g/mol. The minimum absolute atomic E-state index is 0.0496. The first kappa shape index (κ1) is 35.6. The lowest BCUT2D eigenvalue weighted by atomic mass is 9.98. The van der Waals surface area contributed by atoms with E-state index in [0.29, 0.717) is 51.6 Å². The van der Waals surface area contributed by atoms with Crippen molar-refractivity contribution in [1.29, 1.82) is 5.26 Å². The van der Waals surface area contributed by atoms with Crippen molar-refractivity contribution in [2.45, 2.75) is 70.5 Å². The minimum Gasteiger partial charge on any atom is -0.371 e. The van der Waals surface area contributed by atoms with E-state index in [-0.39, 0.29) is 28.1 Å². The van der Waals surface area contributed by atoms with Gasteiger partial charge < -0.3 is 15.5 Å². The van der Waals surface area contributed by atoms with E-state index in [0.717, 1.165) is 50.0 Å². The van der Waals surface area contributed by atoms with Gasteiger partial charge >= 0.3 is 0 Å². The maximum absolute atomic E-state index is 14.0. The summed E-state index contributed by atoms with van der Waals surface area (Å²) in [6.45, 7) is 9.36. The maximum Gasteiger partial charge on any atom is 0.226 e. The van der Waals surface area contributed by atoms with Crippen molar-refractivity contribution in [3.8, 4) is 6.07 Å². The Balaban J connectivity index is 1.29. The zero-order valence-corrected chi connectivity index (χ0v) is 30.8. The fraction of sp³-hybridized carbons (Fsp3) is 0.359. The van der Waals surface area contributed by atoms with Crippen LogP contribution in [0, 0.1) is 17.1 Å². The van der Waals surface area contributed by atoms with Gasteiger partial charge in [-0.1, -0.05) is 40.5 Å². The SMILES string of the molecule is CC(C)(C)N1CCC(n2cc([C@@H](Nc3cc(Cl)cc4c(Nc5ccc(F)c(Cl)c5)c(C#N)cnc34)c3cccc(N4CCCCC4=O)c3)nn2)CC1. The van der Waals surface area contributed by atoms with Gasteiger partial charge in [-0.15, -0.1) is 5.10 Å². The first-order valence-electron chi connectivity index (χ1n) is 17.6.